The van der Waals surface area contributed by atoms with Crippen LogP contribution in [-0.4, -0.2) is 66.3 Å². The maximum absolute atomic E-state index is 13.5. The molecule has 2 aliphatic rings. The van der Waals surface area contributed by atoms with E-state index < -0.39 is 0 Å². The fourth-order valence-electron chi connectivity index (χ4n) is 7.56. The average Bonchev–Trinajstić information content (AvgIpc) is 3.06. The van der Waals surface area contributed by atoms with E-state index in [2.05, 4.69) is 49.1 Å². The zero-order valence-electron chi connectivity index (χ0n) is 27.0. The van der Waals surface area contributed by atoms with Gasteiger partial charge in [-0.05, 0) is 86.4 Å². The third kappa shape index (κ3) is 7.59. The Morgan fingerprint density at radius 3 is 2.16 bits per heavy atom. The van der Waals surface area contributed by atoms with Gasteiger partial charge >= 0.3 is 0 Å². The van der Waals surface area contributed by atoms with E-state index >= 15 is 0 Å². The van der Waals surface area contributed by atoms with Crippen LogP contribution in [0, 0.1) is 5.92 Å². The molecule has 0 aromatic heterocycles. The molecule has 2 heterocycles. The number of carbonyl (C=O) groups is 2. The molecule has 2 saturated heterocycles. The van der Waals surface area contributed by atoms with Crippen molar-refractivity contribution in [2.75, 3.05) is 39.8 Å². The highest BCUT2D eigenvalue weighted by Gasteiger charge is 2.43. The number of nitrogens with zero attached hydrogens (tertiary/aromatic N) is 3. The molecule has 7 heteroatoms. The van der Waals surface area contributed by atoms with Gasteiger partial charge in [0.15, 0.2) is 0 Å². The standard InChI is InChI=1S/C38H47Cl2N3O2/c1-29(2)26-35(44)41(3)38(31-14-8-5-9-15-31)20-24-42(25-21-38)22-10-18-37(32-16-17-33(39)34(40)27-32)19-11-23-43(28-37)36(45)30-12-6-4-7-13-30/h4-9,12-17,27,29H,10-11,18-26,28H2,1-3H3. The molecule has 3 aromatic rings. The van der Waals surface area contributed by atoms with Crippen molar-refractivity contribution in [3.05, 3.63) is 106 Å². The van der Waals surface area contributed by atoms with Crippen molar-refractivity contribution in [2.24, 2.45) is 5.92 Å². The molecule has 0 radical (unpaired) electrons. The predicted octanol–water partition coefficient (Wildman–Crippen LogP) is 8.44. The lowest BCUT2D eigenvalue weighted by Gasteiger charge is -2.48. The molecule has 0 spiro atoms. The highest BCUT2D eigenvalue weighted by molar-refractivity contribution is 6.42. The highest BCUT2D eigenvalue weighted by atomic mass is 35.5. The average molecular weight is 649 g/mol. The Labute approximate surface area is 279 Å². The Kier molecular flexibility index (Phi) is 10.9. The summed E-state index contributed by atoms with van der Waals surface area (Å²) in [4.78, 5) is 33.5. The molecule has 45 heavy (non-hydrogen) atoms. The van der Waals surface area contributed by atoms with Crippen molar-refractivity contribution in [1.29, 1.82) is 0 Å². The molecule has 0 saturated carbocycles. The van der Waals surface area contributed by atoms with Crippen LogP contribution in [0.25, 0.3) is 0 Å². The van der Waals surface area contributed by atoms with E-state index in [9.17, 15) is 9.59 Å². The van der Waals surface area contributed by atoms with Gasteiger partial charge in [0.25, 0.3) is 5.91 Å². The van der Waals surface area contributed by atoms with Crippen LogP contribution in [0.3, 0.4) is 0 Å². The molecule has 240 valence electrons. The van der Waals surface area contributed by atoms with Crippen LogP contribution < -0.4 is 0 Å². The molecular weight excluding hydrogens is 601 g/mol. The number of amides is 2. The van der Waals surface area contributed by atoms with E-state index in [-0.39, 0.29) is 22.8 Å². The summed E-state index contributed by atoms with van der Waals surface area (Å²) in [5, 5.41) is 1.11. The first-order valence-electron chi connectivity index (χ1n) is 16.5. The smallest absolute Gasteiger partial charge is 0.253 e. The second-order valence-electron chi connectivity index (χ2n) is 13.5. The van der Waals surface area contributed by atoms with Gasteiger partial charge in [0.1, 0.15) is 0 Å². The first-order chi connectivity index (χ1) is 21.6. The second-order valence-corrected chi connectivity index (χ2v) is 14.3. The summed E-state index contributed by atoms with van der Waals surface area (Å²) in [5.74, 6) is 0.635. The summed E-state index contributed by atoms with van der Waals surface area (Å²) in [6, 6.07) is 26.2. The minimum absolute atomic E-state index is 0.0872. The van der Waals surface area contributed by atoms with E-state index in [1.54, 1.807) is 0 Å². The van der Waals surface area contributed by atoms with Crippen molar-refractivity contribution in [2.45, 2.75) is 69.7 Å². The number of rotatable bonds is 10. The first-order valence-corrected chi connectivity index (χ1v) is 17.2. The Morgan fingerprint density at radius 1 is 0.844 bits per heavy atom. The van der Waals surface area contributed by atoms with Crippen LogP contribution in [0.15, 0.2) is 78.9 Å². The molecule has 1 unspecified atom stereocenters. The minimum atomic E-state index is -0.285. The van der Waals surface area contributed by atoms with Gasteiger partial charge in [0, 0.05) is 50.6 Å². The number of piperidine rings is 2. The van der Waals surface area contributed by atoms with E-state index in [0.29, 0.717) is 28.9 Å². The van der Waals surface area contributed by atoms with Gasteiger partial charge in [-0.15, -0.1) is 0 Å². The number of hydrogen-bond acceptors (Lipinski definition) is 3. The lowest BCUT2D eigenvalue weighted by Crippen LogP contribution is -2.54. The first kappa shape index (κ1) is 33.5. The number of carbonyl (C=O) groups excluding carboxylic acids is 2. The summed E-state index contributed by atoms with van der Waals surface area (Å²) in [7, 11) is 2.00. The zero-order chi connectivity index (χ0) is 32.0. The Morgan fingerprint density at radius 2 is 1.51 bits per heavy atom. The molecule has 0 N–H and O–H groups in total. The number of benzene rings is 3. The Balaban J connectivity index is 1.30. The van der Waals surface area contributed by atoms with Gasteiger partial charge in [0.05, 0.1) is 15.6 Å². The molecule has 3 aromatic carbocycles. The topological polar surface area (TPSA) is 43.9 Å². The summed E-state index contributed by atoms with van der Waals surface area (Å²) < 4.78 is 0. The fraction of sp³-hybridized carbons (Fsp3) is 0.474. The quantitative estimate of drug-likeness (QED) is 0.222. The summed E-state index contributed by atoms with van der Waals surface area (Å²) in [5.41, 5.74) is 2.65. The van der Waals surface area contributed by atoms with Gasteiger partial charge in [-0.3, -0.25) is 9.59 Å². The highest BCUT2D eigenvalue weighted by Crippen LogP contribution is 2.42. The van der Waals surface area contributed by atoms with Crippen molar-refractivity contribution < 1.29 is 9.59 Å². The third-order valence-corrected chi connectivity index (χ3v) is 10.9. The summed E-state index contributed by atoms with van der Waals surface area (Å²) >= 11 is 12.9. The van der Waals surface area contributed by atoms with Gasteiger partial charge in [0.2, 0.25) is 5.91 Å². The maximum atomic E-state index is 13.5. The summed E-state index contributed by atoms with van der Waals surface area (Å²) in [6.45, 7) is 8.49. The van der Waals surface area contributed by atoms with Crippen molar-refractivity contribution in [1.82, 2.24) is 14.7 Å². The molecule has 2 amide bonds. The van der Waals surface area contributed by atoms with Crippen molar-refractivity contribution >= 4 is 35.0 Å². The number of hydrogen-bond donors (Lipinski definition) is 0. The van der Waals surface area contributed by atoms with E-state index in [1.165, 1.54) is 5.56 Å². The van der Waals surface area contributed by atoms with Crippen LogP contribution in [-0.2, 0) is 15.7 Å². The molecule has 5 rings (SSSR count). The monoisotopic (exact) mass is 647 g/mol. The van der Waals surface area contributed by atoms with Crippen LogP contribution in [0.2, 0.25) is 10.0 Å². The molecule has 5 nitrogen and oxygen atoms in total. The Hall–Kier alpha value is -2.86. The molecule has 0 aliphatic carbocycles. The molecule has 2 aliphatic heterocycles. The Bertz CT molecular complexity index is 1440. The lowest BCUT2D eigenvalue weighted by atomic mass is 9.70. The van der Waals surface area contributed by atoms with E-state index in [4.69, 9.17) is 23.2 Å². The third-order valence-electron chi connectivity index (χ3n) is 10.1. The number of likely N-dealkylation sites (tertiary alicyclic amines) is 2. The molecule has 1 atom stereocenters. The zero-order valence-corrected chi connectivity index (χ0v) is 28.5. The molecule has 2 fully saturated rings. The molecular formula is C38H47Cl2N3O2. The summed E-state index contributed by atoms with van der Waals surface area (Å²) in [6.07, 6.45) is 6.30. The van der Waals surface area contributed by atoms with Gasteiger partial charge in [-0.2, -0.15) is 0 Å². The van der Waals surface area contributed by atoms with Gasteiger partial charge in [-0.1, -0.05) is 91.6 Å². The van der Waals surface area contributed by atoms with Crippen LogP contribution in [0.4, 0.5) is 0 Å². The van der Waals surface area contributed by atoms with E-state index in [1.807, 2.05) is 65.4 Å². The van der Waals surface area contributed by atoms with E-state index in [0.717, 1.165) is 75.8 Å². The van der Waals surface area contributed by atoms with Crippen molar-refractivity contribution in [3.8, 4) is 0 Å². The number of halogens is 2. The largest absolute Gasteiger partial charge is 0.338 e. The van der Waals surface area contributed by atoms with Crippen LogP contribution in [0.1, 0.15) is 80.3 Å². The SMILES string of the molecule is CC(C)CC(=O)N(C)C1(c2ccccc2)CCN(CCCC2(c3ccc(Cl)c(Cl)c3)CCCN(C(=O)c3ccccc3)C2)CC1. The molecule has 0 bridgehead atoms. The van der Waals surface area contributed by atoms with Crippen molar-refractivity contribution in [3.63, 3.8) is 0 Å². The second kappa shape index (κ2) is 14.7. The van der Waals surface area contributed by atoms with Crippen LogP contribution in [0.5, 0.6) is 0 Å². The minimum Gasteiger partial charge on any atom is -0.338 e. The lowest BCUT2D eigenvalue weighted by molar-refractivity contribution is -0.139. The predicted molar refractivity (Wildman–Crippen MR) is 185 cm³/mol. The van der Waals surface area contributed by atoms with Gasteiger partial charge in [-0.25, -0.2) is 0 Å². The maximum Gasteiger partial charge on any atom is 0.253 e. The normalized spacial score (nSPS) is 20.3. The van der Waals surface area contributed by atoms with Crippen LogP contribution >= 0.6 is 23.2 Å². The fourth-order valence-corrected chi connectivity index (χ4v) is 7.86. The van der Waals surface area contributed by atoms with Gasteiger partial charge < -0.3 is 14.7 Å².